The molecule has 2 nitrogen and oxygen atoms in total. The minimum absolute atomic E-state index is 0.546. The number of H-pyrrole nitrogens is 1. The number of hydrogen-bond donors (Lipinski definition) is 1. The lowest BCUT2D eigenvalue weighted by Crippen LogP contribution is -2.43. The van der Waals surface area contributed by atoms with Gasteiger partial charge in [-0.3, -0.25) is 4.90 Å². The highest BCUT2D eigenvalue weighted by Crippen LogP contribution is 2.36. The molecule has 164 valence electrons. The van der Waals surface area contributed by atoms with E-state index in [2.05, 4.69) is 82.8 Å². The highest BCUT2D eigenvalue weighted by molar-refractivity contribution is 5.93. The maximum Gasteiger partial charge on any atom is 0.0460 e. The molecule has 0 saturated carbocycles. The predicted octanol–water partition coefficient (Wildman–Crippen LogP) is 5.69. The van der Waals surface area contributed by atoms with Crippen molar-refractivity contribution in [2.45, 2.75) is 44.6 Å². The van der Waals surface area contributed by atoms with Crippen molar-refractivity contribution >= 4 is 22.6 Å². The fourth-order valence-corrected chi connectivity index (χ4v) is 6.63. The van der Waals surface area contributed by atoms with Crippen molar-refractivity contribution in [2.24, 2.45) is 0 Å². The lowest BCUT2D eigenvalue weighted by Gasteiger charge is -2.38. The van der Waals surface area contributed by atoms with Gasteiger partial charge in [0.05, 0.1) is 0 Å². The third-order valence-corrected chi connectivity index (χ3v) is 8.19. The molecule has 7 rings (SSSR count). The molecule has 4 aromatic rings. The summed E-state index contributed by atoms with van der Waals surface area (Å²) in [5.41, 5.74) is 9.98. The highest BCUT2D eigenvalue weighted by Gasteiger charge is 2.29. The number of fused-ring (bicyclic) bond motifs is 6. The number of aromatic amines is 1. The fourth-order valence-electron chi connectivity index (χ4n) is 6.63. The lowest BCUT2D eigenvalue weighted by atomic mass is 9.80. The maximum absolute atomic E-state index is 3.55. The van der Waals surface area contributed by atoms with Gasteiger partial charge >= 0.3 is 0 Å². The lowest BCUT2D eigenvalue weighted by molar-refractivity contribution is 0.154. The van der Waals surface area contributed by atoms with Crippen LogP contribution in [0.4, 0.5) is 0 Å². The minimum Gasteiger partial charge on any atom is -0.361 e. The summed E-state index contributed by atoms with van der Waals surface area (Å²) in [4.78, 5) is 6.32. The van der Waals surface area contributed by atoms with Gasteiger partial charge < -0.3 is 4.98 Å². The molecule has 0 radical (unpaired) electrons. The van der Waals surface area contributed by atoms with Crippen molar-refractivity contribution in [3.05, 3.63) is 94.0 Å². The number of piperidine rings is 1. The van der Waals surface area contributed by atoms with Crippen LogP contribution in [0, 0.1) is 0 Å². The summed E-state index contributed by atoms with van der Waals surface area (Å²) in [5, 5.41) is 4.34. The number of likely N-dealkylation sites (tertiary alicyclic amines) is 1. The Morgan fingerprint density at radius 2 is 1.64 bits per heavy atom. The molecule has 1 saturated heterocycles. The molecule has 0 spiro atoms. The molecule has 1 N–H and O–H groups in total. The van der Waals surface area contributed by atoms with E-state index in [1.54, 1.807) is 5.56 Å². The molecular weight excluding hydrogens is 400 g/mol. The zero-order chi connectivity index (χ0) is 21.8. The second-order valence-electron chi connectivity index (χ2n) is 9.93. The van der Waals surface area contributed by atoms with E-state index in [1.807, 2.05) is 0 Å². The SMILES string of the molecule is C1=c2c(ccc3c2=C(c2c[nH]c4ccccc24)CCC3N2CCCCC2)-c2ccccc2C1. The molecule has 2 aliphatic carbocycles. The Morgan fingerprint density at radius 3 is 2.58 bits per heavy atom. The molecule has 2 heteroatoms. The van der Waals surface area contributed by atoms with Crippen LogP contribution >= 0.6 is 0 Å². The first-order chi connectivity index (χ1) is 16.4. The Kier molecular flexibility index (Phi) is 4.55. The summed E-state index contributed by atoms with van der Waals surface area (Å²) < 4.78 is 0. The van der Waals surface area contributed by atoms with E-state index in [1.165, 1.54) is 87.9 Å². The molecule has 1 aromatic heterocycles. The van der Waals surface area contributed by atoms with Crippen LogP contribution in [0.3, 0.4) is 0 Å². The molecule has 3 aliphatic rings. The van der Waals surface area contributed by atoms with Crippen LogP contribution in [0.25, 0.3) is 33.7 Å². The number of benzene rings is 3. The molecule has 1 unspecified atom stereocenters. The van der Waals surface area contributed by atoms with Crippen molar-refractivity contribution in [1.29, 1.82) is 0 Å². The molecule has 1 fully saturated rings. The van der Waals surface area contributed by atoms with Gasteiger partial charge in [0.15, 0.2) is 0 Å². The topological polar surface area (TPSA) is 19.0 Å². The van der Waals surface area contributed by atoms with Gasteiger partial charge in [0.25, 0.3) is 0 Å². The molecule has 0 bridgehead atoms. The first-order valence-corrected chi connectivity index (χ1v) is 12.6. The molecule has 0 amide bonds. The number of para-hydroxylation sites is 1. The van der Waals surface area contributed by atoms with Crippen LogP contribution in [0.15, 0.2) is 66.9 Å². The molecule has 2 heterocycles. The summed E-state index contributed by atoms with van der Waals surface area (Å²) in [6, 6.07) is 23.2. The fraction of sp³-hybridized carbons (Fsp3) is 0.290. The summed E-state index contributed by atoms with van der Waals surface area (Å²) in [7, 11) is 0. The van der Waals surface area contributed by atoms with Crippen LogP contribution in [0.1, 0.15) is 54.8 Å². The monoisotopic (exact) mass is 430 g/mol. The summed E-state index contributed by atoms with van der Waals surface area (Å²) >= 11 is 0. The van der Waals surface area contributed by atoms with Gasteiger partial charge in [-0.1, -0.05) is 67.1 Å². The Balaban J connectivity index is 1.53. The standard InChI is InChI=1S/C31H30N2/c1-6-18-33(19-7-1)30-17-16-26(28-20-32-29-11-5-4-10-24(28)29)31-25-13-12-21-8-2-3-9-22(21)23(25)14-15-27(30)31/h2-5,8-11,13-15,20,30,32H,1,6-7,12,16-19H2. The van der Waals surface area contributed by atoms with Gasteiger partial charge in [0.1, 0.15) is 0 Å². The maximum atomic E-state index is 3.55. The first-order valence-electron chi connectivity index (χ1n) is 12.6. The molecule has 3 aromatic carbocycles. The van der Waals surface area contributed by atoms with Gasteiger partial charge in [-0.15, -0.1) is 0 Å². The van der Waals surface area contributed by atoms with E-state index in [-0.39, 0.29) is 0 Å². The van der Waals surface area contributed by atoms with E-state index >= 15 is 0 Å². The number of rotatable bonds is 2. The molecular formula is C31H30N2. The van der Waals surface area contributed by atoms with Crippen molar-refractivity contribution in [3.8, 4) is 11.1 Å². The second kappa shape index (κ2) is 7.74. The van der Waals surface area contributed by atoms with Crippen LogP contribution in [0.2, 0.25) is 0 Å². The third-order valence-electron chi connectivity index (χ3n) is 8.19. The van der Waals surface area contributed by atoms with Gasteiger partial charge in [-0.25, -0.2) is 0 Å². The van der Waals surface area contributed by atoms with Crippen molar-refractivity contribution in [1.82, 2.24) is 9.88 Å². The van der Waals surface area contributed by atoms with E-state index < -0.39 is 0 Å². The van der Waals surface area contributed by atoms with Crippen molar-refractivity contribution in [2.75, 3.05) is 13.1 Å². The molecule has 1 aliphatic heterocycles. The minimum atomic E-state index is 0.546. The average molecular weight is 431 g/mol. The smallest absolute Gasteiger partial charge is 0.0460 e. The summed E-state index contributed by atoms with van der Waals surface area (Å²) in [6.07, 6.45) is 12.2. The Bertz CT molecular complexity index is 1480. The third kappa shape index (κ3) is 3.04. The van der Waals surface area contributed by atoms with Crippen LogP contribution in [-0.2, 0) is 6.42 Å². The van der Waals surface area contributed by atoms with E-state index in [9.17, 15) is 0 Å². The number of hydrogen-bond acceptors (Lipinski definition) is 1. The van der Waals surface area contributed by atoms with E-state index in [4.69, 9.17) is 0 Å². The zero-order valence-electron chi connectivity index (χ0n) is 19.1. The van der Waals surface area contributed by atoms with Gasteiger partial charge in [0, 0.05) is 28.7 Å². The first kappa shape index (κ1) is 19.4. The van der Waals surface area contributed by atoms with Crippen LogP contribution < -0.4 is 10.4 Å². The summed E-state index contributed by atoms with van der Waals surface area (Å²) in [6.45, 7) is 2.49. The van der Waals surface area contributed by atoms with E-state index in [0.717, 1.165) is 12.8 Å². The quantitative estimate of drug-likeness (QED) is 0.433. The molecule has 33 heavy (non-hydrogen) atoms. The van der Waals surface area contributed by atoms with Gasteiger partial charge in [0.2, 0.25) is 0 Å². The molecule has 1 atom stereocenters. The van der Waals surface area contributed by atoms with Gasteiger partial charge in [-0.05, 0) is 89.5 Å². The van der Waals surface area contributed by atoms with Gasteiger partial charge in [-0.2, -0.15) is 0 Å². The zero-order valence-corrected chi connectivity index (χ0v) is 19.1. The second-order valence-corrected chi connectivity index (χ2v) is 9.93. The Morgan fingerprint density at radius 1 is 0.788 bits per heavy atom. The predicted molar refractivity (Wildman–Crippen MR) is 138 cm³/mol. The van der Waals surface area contributed by atoms with Crippen molar-refractivity contribution in [3.63, 3.8) is 0 Å². The average Bonchev–Trinajstić information content (AvgIpc) is 3.32. The highest BCUT2D eigenvalue weighted by atomic mass is 15.2. The van der Waals surface area contributed by atoms with Crippen molar-refractivity contribution < 1.29 is 0 Å². The number of nitrogens with zero attached hydrogens (tertiary/aromatic N) is 1. The Labute approximate surface area is 195 Å². The summed E-state index contributed by atoms with van der Waals surface area (Å²) in [5.74, 6) is 0. The number of aromatic nitrogens is 1. The Hall–Kier alpha value is -3.10. The largest absolute Gasteiger partial charge is 0.361 e. The van der Waals surface area contributed by atoms with Crippen LogP contribution in [0.5, 0.6) is 0 Å². The number of nitrogens with one attached hydrogen (secondary N) is 1. The van der Waals surface area contributed by atoms with Crippen LogP contribution in [-0.4, -0.2) is 23.0 Å². The van der Waals surface area contributed by atoms with E-state index in [0.29, 0.717) is 6.04 Å². The normalized spacial score (nSPS) is 20.1.